The highest BCUT2D eigenvalue weighted by Gasteiger charge is 2.31. The minimum absolute atomic E-state index is 0.191. The van der Waals surface area contributed by atoms with Crippen molar-refractivity contribution in [2.24, 2.45) is 0 Å². The predicted octanol–water partition coefficient (Wildman–Crippen LogP) is 5.37. The molecule has 33 heavy (non-hydrogen) atoms. The zero-order valence-electron chi connectivity index (χ0n) is 18.2. The first kappa shape index (κ1) is 21.3. The molecule has 2 aliphatic rings. The van der Waals surface area contributed by atoms with Crippen LogP contribution in [0.1, 0.15) is 53.4 Å². The van der Waals surface area contributed by atoms with Gasteiger partial charge in [0.25, 0.3) is 0 Å². The summed E-state index contributed by atoms with van der Waals surface area (Å²) in [6, 6.07) is 13.0. The van der Waals surface area contributed by atoms with Gasteiger partial charge < -0.3 is 9.47 Å². The number of benzene rings is 1. The quantitative estimate of drug-likeness (QED) is 0.322. The lowest BCUT2D eigenvalue weighted by atomic mass is 9.99. The summed E-state index contributed by atoms with van der Waals surface area (Å²) in [4.78, 5) is 21.3. The molecule has 1 amide bonds. The van der Waals surface area contributed by atoms with Crippen LogP contribution in [0, 0.1) is 0 Å². The van der Waals surface area contributed by atoms with E-state index in [1.807, 2.05) is 11.0 Å². The van der Waals surface area contributed by atoms with E-state index < -0.39 is 0 Å². The summed E-state index contributed by atoms with van der Waals surface area (Å²) in [5.74, 6) is 1.95. The van der Waals surface area contributed by atoms with Gasteiger partial charge in [0, 0.05) is 36.3 Å². The fraction of sp³-hybridized carbons (Fsp3) is 0.417. The number of carbonyl (C=O) groups excluding carboxylic acids is 1. The second-order valence-electron chi connectivity index (χ2n) is 8.74. The first-order chi connectivity index (χ1) is 16.2. The first-order valence-corrected chi connectivity index (χ1v) is 14.1. The van der Waals surface area contributed by atoms with E-state index in [9.17, 15) is 4.79 Å². The van der Waals surface area contributed by atoms with Gasteiger partial charge in [-0.05, 0) is 49.3 Å². The molecule has 1 atom stereocenters. The van der Waals surface area contributed by atoms with Gasteiger partial charge in [0.15, 0.2) is 5.16 Å². The van der Waals surface area contributed by atoms with E-state index in [2.05, 4.69) is 50.5 Å². The highest BCUT2D eigenvalue weighted by Crippen LogP contribution is 2.39. The normalized spacial score (nSPS) is 18.8. The summed E-state index contributed by atoms with van der Waals surface area (Å²) in [7, 11) is 0. The number of thiazole rings is 1. The van der Waals surface area contributed by atoms with Crippen LogP contribution in [0.2, 0.25) is 0 Å². The van der Waals surface area contributed by atoms with E-state index in [1.165, 1.54) is 34.2 Å². The molecule has 0 N–H and O–H groups in total. The monoisotopic (exact) mass is 495 g/mol. The third kappa shape index (κ3) is 4.58. The molecule has 1 unspecified atom stereocenters. The highest BCUT2D eigenvalue weighted by atomic mass is 32.2. The third-order valence-corrected chi connectivity index (χ3v) is 9.32. The van der Waals surface area contributed by atoms with E-state index in [-0.39, 0.29) is 5.91 Å². The fourth-order valence-corrected chi connectivity index (χ4v) is 7.20. The molecule has 0 spiro atoms. The van der Waals surface area contributed by atoms with Crippen molar-refractivity contribution in [2.45, 2.75) is 49.2 Å². The van der Waals surface area contributed by atoms with Crippen LogP contribution in [-0.2, 0) is 11.2 Å². The van der Waals surface area contributed by atoms with Crippen molar-refractivity contribution < 1.29 is 4.79 Å². The molecule has 1 aromatic carbocycles. The van der Waals surface area contributed by atoms with Crippen molar-refractivity contribution in [3.8, 4) is 0 Å². The number of para-hydroxylation sites is 1. The number of hydrogen-bond donors (Lipinski definition) is 0. The van der Waals surface area contributed by atoms with Crippen molar-refractivity contribution in [3.63, 3.8) is 0 Å². The molecule has 9 heteroatoms. The molecule has 4 aromatic rings. The number of hydrogen-bond acceptors (Lipinski definition) is 7. The van der Waals surface area contributed by atoms with Gasteiger partial charge in [0.05, 0.1) is 21.0 Å². The molecule has 1 aliphatic heterocycles. The Balaban J connectivity index is 1.11. The molecule has 170 valence electrons. The Morgan fingerprint density at radius 1 is 1.12 bits per heavy atom. The Hall–Kier alpha value is -2.23. The van der Waals surface area contributed by atoms with Gasteiger partial charge in [-0.15, -0.1) is 32.9 Å². The van der Waals surface area contributed by atoms with Crippen molar-refractivity contribution in [2.75, 3.05) is 18.8 Å². The number of likely N-dealkylation sites (tertiary alicyclic amines) is 1. The molecule has 4 heterocycles. The van der Waals surface area contributed by atoms with E-state index >= 15 is 0 Å². The maximum atomic E-state index is 13.1. The van der Waals surface area contributed by atoms with Crippen LogP contribution in [-0.4, -0.2) is 49.4 Å². The summed E-state index contributed by atoms with van der Waals surface area (Å²) < 4.78 is 3.50. The van der Waals surface area contributed by atoms with Gasteiger partial charge in [0.2, 0.25) is 5.91 Å². The minimum Gasteiger partial charge on any atom is -0.341 e. The van der Waals surface area contributed by atoms with Gasteiger partial charge in [-0.1, -0.05) is 30.0 Å². The number of piperidine rings is 1. The number of rotatable bonds is 7. The Morgan fingerprint density at radius 2 is 2.03 bits per heavy atom. The standard InChI is InChI=1S/C24H25N5OS3/c30-22(28-11-3-5-16(14-28)23-25-19-7-1-2-8-20(19)33-23)15-32-24-27-26-21(29(24)17-9-10-17)13-18-6-4-12-31-18/h1-2,4,6-8,12,16-17H,3,5,9-11,13-15H2. The van der Waals surface area contributed by atoms with Crippen LogP contribution >= 0.6 is 34.4 Å². The number of nitrogens with zero attached hydrogens (tertiary/aromatic N) is 5. The van der Waals surface area contributed by atoms with Crippen LogP contribution in [0.3, 0.4) is 0 Å². The third-order valence-electron chi connectivity index (χ3n) is 6.32. The molecule has 1 saturated heterocycles. The molecular formula is C24H25N5OS3. The number of thioether (sulfide) groups is 1. The Labute approximate surface area is 205 Å². The van der Waals surface area contributed by atoms with Gasteiger partial charge in [-0.3, -0.25) is 4.79 Å². The topological polar surface area (TPSA) is 63.9 Å². The highest BCUT2D eigenvalue weighted by molar-refractivity contribution is 7.99. The molecular weight excluding hydrogens is 470 g/mol. The van der Waals surface area contributed by atoms with E-state index in [0.29, 0.717) is 17.7 Å². The Morgan fingerprint density at radius 3 is 2.85 bits per heavy atom. The van der Waals surface area contributed by atoms with Crippen LogP contribution in [0.4, 0.5) is 0 Å². The zero-order valence-corrected chi connectivity index (χ0v) is 20.7. The maximum absolute atomic E-state index is 13.1. The second kappa shape index (κ2) is 9.19. The smallest absolute Gasteiger partial charge is 0.233 e. The summed E-state index contributed by atoms with van der Waals surface area (Å²) >= 11 is 5.06. The second-order valence-corrected chi connectivity index (χ2v) is 11.8. The van der Waals surface area contributed by atoms with E-state index in [0.717, 1.165) is 53.9 Å². The lowest BCUT2D eigenvalue weighted by molar-refractivity contribution is -0.129. The fourth-order valence-electron chi connectivity index (χ4n) is 4.48. The SMILES string of the molecule is O=C(CSc1nnc(Cc2cccs2)n1C1CC1)N1CCCC(c2nc3ccccc3s2)C1. The lowest BCUT2D eigenvalue weighted by Gasteiger charge is -2.31. The molecule has 1 saturated carbocycles. The number of amides is 1. The molecule has 6 nitrogen and oxygen atoms in total. The van der Waals surface area contributed by atoms with Gasteiger partial charge >= 0.3 is 0 Å². The molecule has 2 fully saturated rings. The van der Waals surface area contributed by atoms with Crippen molar-refractivity contribution in [1.82, 2.24) is 24.6 Å². The van der Waals surface area contributed by atoms with Gasteiger partial charge in [-0.2, -0.15) is 0 Å². The number of thiophene rings is 1. The van der Waals surface area contributed by atoms with Gasteiger partial charge in [0.1, 0.15) is 5.82 Å². The largest absolute Gasteiger partial charge is 0.341 e. The van der Waals surface area contributed by atoms with Crippen molar-refractivity contribution >= 4 is 50.6 Å². The summed E-state index contributed by atoms with van der Waals surface area (Å²) in [5.41, 5.74) is 1.06. The molecule has 6 rings (SSSR count). The maximum Gasteiger partial charge on any atom is 0.233 e. The summed E-state index contributed by atoms with van der Waals surface area (Å²) in [5, 5.41) is 13.1. The summed E-state index contributed by atoms with van der Waals surface area (Å²) in [6.07, 6.45) is 5.28. The average molecular weight is 496 g/mol. The van der Waals surface area contributed by atoms with Crippen LogP contribution in [0.5, 0.6) is 0 Å². The van der Waals surface area contributed by atoms with Crippen LogP contribution in [0.25, 0.3) is 10.2 Å². The number of aromatic nitrogens is 4. The molecule has 0 radical (unpaired) electrons. The molecule has 0 bridgehead atoms. The van der Waals surface area contributed by atoms with Crippen LogP contribution < -0.4 is 0 Å². The lowest BCUT2D eigenvalue weighted by Crippen LogP contribution is -2.40. The van der Waals surface area contributed by atoms with E-state index in [4.69, 9.17) is 4.98 Å². The molecule has 1 aliphatic carbocycles. The van der Waals surface area contributed by atoms with Crippen LogP contribution in [0.15, 0.2) is 46.9 Å². The summed E-state index contributed by atoms with van der Waals surface area (Å²) in [6.45, 7) is 1.60. The van der Waals surface area contributed by atoms with E-state index in [1.54, 1.807) is 22.7 Å². The zero-order chi connectivity index (χ0) is 22.2. The van der Waals surface area contributed by atoms with Gasteiger partial charge in [-0.25, -0.2) is 4.98 Å². The Kier molecular flexibility index (Phi) is 5.94. The predicted molar refractivity (Wildman–Crippen MR) is 134 cm³/mol. The first-order valence-electron chi connectivity index (χ1n) is 11.5. The number of carbonyl (C=O) groups is 1. The molecule has 3 aromatic heterocycles. The Bertz CT molecular complexity index is 1230. The minimum atomic E-state index is 0.191. The van der Waals surface area contributed by atoms with Crippen molar-refractivity contribution in [1.29, 1.82) is 0 Å². The van der Waals surface area contributed by atoms with Crippen molar-refractivity contribution in [3.05, 3.63) is 57.5 Å². The number of fused-ring (bicyclic) bond motifs is 1. The average Bonchev–Trinajstić information content (AvgIpc) is 3.23.